The van der Waals surface area contributed by atoms with Crippen LogP contribution < -0.4 is 17.3 Å². The lowest BCUT2D eigenvalue weighted by Gasteiger charge is -2.14. The monoisotopic (exact) mass is 305 g/mol. The summed E-state index contributed by atoms with van der Waals surface area (Å²) in [6.45, 7) is 8.40. The molecule has 0 fully saturated rings. The highest BCUT2D eigenvalue weighted by Crippen LogP contribution is 2.29. The molecule has 1 N–H and O–H groups in total. The topological polar surface area (TPSA) is 43.4 Å². The predicted molar refractivity (Wildman–Crippen MR) is 80.4 cm³/mol. The first kappa shape index (κ1) is 15.7. The Hall–Kier alpha value is -1.65. The van der Waals surface area contributed by atoms with Crippen molar-refractivity contribution in [2.75, 3.05) is 13.1 Å². The summed E-state index contributed by atoms with van der Waals surface area (Å²) < 4.78 is 6.02. The number of fused-ring (bicyclic) bond motifs is 3. The Kier molecular flexibility index (Phi) is 4.80. The van der Waals surface area contributed by atoms with Gasteiger partial charge in [-0.05, 0) is 26.0 Å². The molecule has 21 heavy (non-hydrogen) atoms. The minimum atomic E-state index is 0. The van der Waals surface area contributed by atoms with Crippen LogP contribution >= 0.6 is 0 Å². The lowest BCUT2D eigenvalue weighted by molar-refractivity contribution is -0.830. The zero-order valence-electron chi connectivity index (χ0n) is 12.6. The number of rotatable bonds is 4. The van der Waals surface area contributed by atoms with Gasteiger partial charge in [0.2, 0.25) is 5.58 Å². The first-order chi connectivity index (χ1) is 9.78. The predicted octanol–water partition coefficient (Wildman–Crippen LogP) is -0.501. The van der Waals surface area contributed by atoms with Crippen molar-refractivity contribution >= 4 is 27.9 Å². The molecule has 5 heteroatoms. The molecule has 1 aromatic carbocycles. The van der Waals surface area contributed by atoms with Gasteiger partial charge in [-0.2, -0.15) is 4.98 Å². The molecule has 112 valence electrons. The Morgan fingerprint density at radius 2 is 1.76 bits per heavy atom. The van der Waals surface area contributed by atoms with E-state index in [2.05, 4.69) is 31.8 Å². The van der Waals surface area contributed by atoms with Crippen LogP contribution in [0.4, 0.5) is 5.82 Å². The number of halogens is 1. The number of benzene rings is 1. The average Bonchev–Trinajstić information content (AvgIpc) is 2.87. The molecule has 0 aliphatic rings. The standard InChI is InChI=1S/C16H19N3O.ClH/c1-4-13-17-14-11-9-7-8-10-12(11)20-15(14)16(18-13)19(5-2)6-3;/h7-10H,4-6H2,1-3H3;1H. The number of hydrogen-bond acceptors (Lipinski definition) is 3. The maximum atomic E-state index is 6.02. The molecule has 0 spiro atoms. The van der Waals surface area contributed by atoms with E-state index in [0.717, 1.165) is 53.2 Å². The van der Waals surface area contributed by atoms with Gasteiger partial charge in [0.05, 0.1) is 13.1 Å². The molecule has 0 amide bonds. The lowest BCUT2D eigenvalue weighted by Crippen LogP contribution is -3.06. The molecule has 0 radical (unpaired) electrons. The van der Waals surface area contributed by atoms with Crippen LogP contribution in [0.1, 0.15) is 26.6 Å². The Balaban J connectivity index is 0.00000161. The second kappa shape index (κ2) is 6.41. The van der Waals surface area contributed by atoms with Crippen LogP contribution in [0, 0.1) is 0 Å². The van der Waals surface area contributed by atoms with Crippen LogP contribution in [-0.4, -0.2) is 23.1 Å². The van der Waals surface area contributed by atoms with Crippen molar-refractivity contribution in [3.05, 3.63) is 30.1 Å². The average molecular weight is 306 g/mol. The van der Waals surface area contributed by atoms with Crippen LogP contribution in [0.25, 0.3) is 22.1 Å². The summed E-state index contributed by atoms with van der Waals surface area (Å²) in [7, 11) is 0. The maximum Gasteiger partial charge on any atom is 0.273 e. The van der Waals surface area contributed by atoms with E-state index < -0.39 is 0 Å². The van der Waals surface area contributed by atoms with Gasteiger partial charge in [-0.15, -0.1) is 0 Å². The van der Waals surface area contributed by atoms with Crippen molar-refractivity contribution in [3.8, 4) is 0 Å². The molecule has 0 saturated carbocycles. The molecule has 3 rings (SSSR count). The second-order valence-electron chi connectivity index (χ2n) is 4.93. The van der Waals surface area contributed by atoms with E-state index in [-0.39, 0.29) is 12.4 Å². The fourth-order valence-electron chi connectivity index (χ4n) is 2.62. The molecule has 0 unspecified atom stereocenters. The third-order valence-electron chi connectivity index (χ3n) is 3.77. The van der Waals surface area contributed by atoms with Gasteiger partial charge in [-0.25, -0.2) is 4.98 Å². The van der Waals surface area contributed by atoms with Gasteiger partial charge in [0.15, 0.2) is 0 Å². The second-order valence-corrected chi connectivity index (χ2v) is 4.93. The third-order valence-corrected chi connectivity index (χ3v) is 3.77. The fraction of sp³-hybridized carbons (Fsp3) is 0.375. The van der Waals surface area contributed by atoms with Crippen molar-refractivity contribution in [2.24, 2.45) is 0 Å². The van der Waals surface area contributed by atoms with Crippen LogP contribution in [0.3, 0.4) is 0 Å². The van der Waals surface area contributed by atoms with Crippen molar-refractivity contribution < 1.29 is 21.7 Å². The fourth-order valence-corrected chi connectivity index (χ4v) is 2.62. The van der Waals surface area contributed by atoms with E-state index in [0.29, 0.717) is 0 Å². The zero-order chi connectivity index (χ0) is 14.1. The van der Waals surface area contributed by atoms with Gasteiger partial charge in [0, 0.05) is 11.8 Å². The minimum Gasteiger partial charge on any atom is -1.00 e. The van der Waals surface area contributed by atoms with E-state index in [1.165, 1.54) is 4.90 Å². The van der Waals surface area contributed by atoms with Crippen LogP contribution in [0.15, 0.2) is 28.7 Å². The number of nitrogens with zero attached hydrogens (tertiary/aromatic N) is 2. The Morgan fingerprint density at radius 1 is 1.05 bits per heavy atom. The van der Waals surface area contributed by atoms with Crippen molar-refractivity contribution in [2.45, 2.75) is 27.2 Å². The van der Waals surface area contributed by atoms with Gasteiger partial charge in [-0.3, -0.25) is 4.90 Å². The zero-order valence-corrected chi connectivity index (χ0v) is 13.4. The highest BCUT2D eigenvalue weighted by Gasteiger charge is 2.21. The number of para-hydroxylation sites is 1. The summed E-state index contributed by atoms with van der Waals surface area (Å²) in [6, 6.07) is 8.07. The van der Waals surface area contributed by atoms with Gasteiger partial charge < -0.3 is 16.8 Å². The SMILES string of the molecule is CCc1nc([NH+](CC)CC)c2oc3ccccc3c2n1.[Cl-]. The molecular weight excluding hydrogens is 286 g/mol. The number of aromatic nitrogens is 2. The molecule has 3 aromatic rings. The normalized spacial score (nSPS) is 11.2. The van der Waals surface area contributed by atoms with Crippen molar-refractivity contribution in [3.63, 3.8) is 0 Å². The first-order valence-corrected chi connectivity index (χ1v) is 7.31. The summed E-state index contributed by atoms with van der Waals surface area (Å²) in [5, 5.41) is 1.08. The molecule has 0 aliphatic carbocycles. The quantitative estimate of drug-likeness (QED) is 0.707. The molecular formula is C16H20ClN3O. The number of furan rings is 1. The van der Waals surface area contributed by atoms with E-state index in [4.69, 9.17) is 9.40 Å². The molecule has 2 aromatic heterocycles. The van der Waals surface area contributed by atoms with E-state index in [1.807, 2.05) is 18.2 Å². The largest absolute Gasteiger partial charge is 1.00 e. The van der Waals surface area contributed by atoms with Gasteiger partial charge in [0.25, 0.3) is 5.82 Å². The molecule has 0 saturated heterocycles. The molecule has 0 aliphatic heterocycles. The van der Waals surface area contributed by atoms with E-state index in [1.54, 1.807) is 0 Å². The first-order valence-electron chi connectivity index (χ1n) is 7.31. The van der Waals surface area contributed by atoms with Crippen LogP contribution in [0.5, 0.6) is 0 Å². The van der Waals surface area contributed by atoms with Crippen LogP contribution in [0.2, 0.25) is 0 Å². The van der Waals surface area contributed by atoms with Crippen LogP contribution in [-0.2, 0) is 6.42 Å². The molecule has 0 atom stereocenters. The molecule has 0 bridgehead atoms. The summed E-state index contributed by atoms with van der Waals surface area (Å²) in [5.74, 6) is 1.88. The Morgan fingerprint density at radius 3 is 2.43 bits per heavy atom. The Bertz CT molecular complexity index is 750. The number of aryl methyl sites for hydroxylation is 1. The van der Waals surface area contributed by atoms with Gasteiger partial charge >= 0.3 is 0 Å². The Labute approximate surface area is 130 Å². The maximum absolute atomic E-state index is 6.02. The number of hydrogen-bond donors (Lipinski definition) is 1. The lowest BCUT2D eigenvalue weighted by atomic mass is 10.2. The molecule has 2 heterocycles. The van der Waals surface area contributed by atoms with E-state index >= 15 is 0 Å². The van der Waals surface area contributed by atoms with Crippen molar-refractivity contribution in [1.29, 1.82) is 0 Å². The smallest absolute Gasteiger partial charge is 0.273 e. The third kappa shape index (κ3) is 2.61. The van der Waals surface area contributed by atoms with E-state index in [9.17, 15) is 0 Å². The number of nitrogens with one attached hydrogen (secondary N) is 1. The summed E-state index contributed by atoms with van der Waals surface area (Å²) in [6.07, 6.45) is 0.836. The summed E-state index contributed by atoms with van der Waals surface area (Å²) >= 11 is 0. The highest BCUT2D eigenvalue weighted by molar-refractivity contribution is 6.04. The van der Waals surface area contributed by atoms with Crippen molar-refractivity contribution in [1.82, 2.24) is 9.97 Å². The summed E-state index contributed by atoms with van der Waals surface area (Å²) in [5.41, 5.74) is 2.67. The number of quaternary nitrogens is 1. The molecule has 4 nitrogen and oxygen atoms in total. The van der Waals surface area contributed by atoms with Gasteiger partial charge in [0.1, 0.15) is 16.9 Å². The van der Waals surface area contributed by atoms with Gasteiger partial charge in [-0.1, -0.05) is 19.1 Å². The summed E-state index contributed by atoms with van der Waals surface area (Å²) in [4.78, 5) is 10.7. The minimum absolute atomic E-state index is 0. The highest BCUT2D eigenvalue weighted by atomic mass is 35.5.